The van der Waals surface area contributed by atoms with Crippen molar-refractivity contribution in [3.8, 4) is 0 Å². The Morgan fingerprint density at radius 2 is 2.10 bits per heavy atom. The summed E-state index contributed by atoms with van der Waals surface area (Å²) in [5.74, 6) is -1.51. The first kappa shape index (κ1) is 15.0. The lowest BCUT2D eigenvalue weighted by atomic mass is 10.3. The molecule has 0 fully saturated rings. The predicted octanol–water partition coefficient (Wildman–Crippen LogP) is 2.50. The van der Waals surface area contributed by atoms with E-state index in [1.54, 1.807) is 25.3 Å². The SMILES string of the molecule is CCOC(=O)c1cccnc1Sc1cc(C(=O)O)ccn1. The zero-order valence-corrected chi connectivity index (χ0v) is 12.0. The van der Waals surface area contributed by atoms with E-state index in [0.29, 0.717) is 15.6 Å². The quantitative estimate of drug-likeness (QED) is 0.849. The second-order valence-corrected chi connectivity index (χ2v) is 4.88. The molecule has 0 saturated heterocycles. The van der Waals surface area contributed by atoms with E-state index in [0.717, 1.165) is 11.8 Å². The Labute approximate surface area is 125 Å². The molecular weight excluding hydrogens is 292 g/mol. The van der Waals surface area contributed by atoms with Gasteiger partial charge in [-0.25, -0.2) is 19.6 Å². The van der Waals surface area contributed by atoms with Gasteiger partial charge in [-0.2, -0.15) is 0 Å². The standard InChI is InChI=1S/C14H12N2O4S/c1-2-20-14(19)10-4-3-6-16-12(10)21-11-8-9(13(17)18)5-7-15-11/h3-8H,2H2,1H3,(H,17,18). The minimum Gasteiger partial charge on any atom is -0.478 e. The molecule has 2 aromatic rings. The summed E-state index contributed by atoms with van der Waals surface area (Å²) < 4.78 is 4.96. The van der Waals surface area contributed by atoms with Crippen LogP contribution in [0, 0.1) is 0 Å². The fourth-order valence-electron chi connectivity index (χ4n) is 1.53. The Bertz CT molecular complexity index is 676. The van der Waals surface area contributed by atoms with Crippen LogP contribution < -0.4 is 0 Å². The summed E-state index contributed by atoms with van der Waals surface area (Å²) in [7, 11) is 0. The van der Waals surface area contributed by atoms with E-state index in [1.165, 1.54) is 18.3 Å². The molecule has 0 amide bonds. The van der Waals surface area contributed by atoms with Gasteiger partial charge in [-0.1, -0.05) is 0 Å². The van der Waals surface area contributed by atoms with Gasteiger partial charge in [0.25, 0.3) is 0 Å². The van der Waals surface area contributed by atoms with Gasteiger partial charge in [0.2, 0.25) is 0 Å². The smallest absolute Gasteiger partial charge is 0.340 e. The monoisotopic (exact) mass is 304 g/mol. The first-order chi connectivity index (χ1) is 10.1. The maximum Gasteiger partial charge on any atom is 0.340 e. The van der Waals surface area contributed by atoms with Crippen molar-refractivity contribution in [1.82, 2.24) is 9.97 Å². The van der Waals surface area contributed by atoms with E-state index in [-0.39, 0.29) is 12.2 Å². The first-order valence-corrected chi connectivity index (χ1v) is 6.92. The molecule has 0 radical (unpaired) electrons. The third-order valence-corrected chi connectivity index (χ3v) is 3.40. The van der Waals surface area contributed by atoms with Gasteiger partial charge >= 0.3 is 11.9 Å². The van der Waals surface area contributed by atoms with Crippen LogP contribution in [0.5, 0.6) is 0 Å². The Morgan fingerprint density at radius 1 is 1.29 bits per heavy atom. The van der Waals surface area contributed by atoms with Gasteiger partial charge in [-0.05, 0) is 43.0 Å². The summed E-state index contributed by atoms with van der Waals surface area (Å²) in [4.78, 5) is 31.0. The first-order valence-electron chi connectivity index (χ1n) is 6.11. The second kappa shape index (κ2) is 6.85. The summed E-state index contributed by atoms with van der Waals surface area (Å²) in [6.45, 7) is 1.99. The third kappa shape index (κ3) is 3.79. The van der Waals surface area contributed by atoms with E-state index in [4.69, 9.17) is 9.84 Å². The van der Waals surface area contributed by atoms with E-state index in [9.17, 15) is 9.59 Å². The van der Waals surface area contributed by atoms with Gasteiger partial charge in [0.1, 0.15) is 10.1 Å². The van der Waals surface area contributed by atoms with Crippen LogP contribution in [-0.2, 0) is 4.74 Å². The minimum absolute atomic E-state index is 0.126. The number of esters is 1. The predicted molar refractivity (Wildman–Crippen MR) is 75.5 cm³/mol. The molecule has 0 unspecified atom stereocenters. The molecule has 0 spiro atoms. The molecule has 21 heavy (non-hydrogen) atoms. The average Bonchev–Trinajstić information content (AvgIpc) is 2.48. The van der Waals surface area contributed by atoms with Gasteiger partial charge in [0.15, 0.2) is 0 Å². The van der Waals surface area contributed by atoms with Crippen LogP contribution in [0.15, 0.2) is 46.7 Å². The number of carboxylic acid groups (broad SMARTS) is 1. The molecule has 2 heterocycles. The zero-order chi connectivity index (χ0) is 15.2. The summed E-state index contributed by atoms with van der Waals surface area (Å²) in [6.07, 6.45) is 2.95. The number of carbonyl (C=O) groups is 2. The van der Waals surface area contributed by atoms with Crippen molar-refractivity contribution < 1.29 is 19.4 Å². The Balaban J connectivity index is 2.29. The Hall–Kier alpha value is -2.41. The van der Waals surface area contributed by atoms with Gasteiger partial charge in [-0.15, -0.1) is 0 Å². The minimum atomic E-state index is -1.04. The number of aromatic carboxylic acids is 1. The molecule has 2 aromatic heterocycles. The van der Waals surface area contributed by atoms with Crippen molar-refractivity contribution in [2.45, 2.75) is 17.0 Å². The molecule has 108 valence electrons. The van der Waals surface area contributed by atoms with Crippen LogP contribution in [0.4, 0.5) is 0 Å². The van der Waals surface area contributed by atoms with E-state index < -0.39 is 11.9 Å². The maximum atomic E-state index is 11.8. The Kier molecular flexibility index (Phi) is 4.89. The average molecular weight is 304 g/mol. The summed E-state index contributed by atoms with van der Waals surface area (Å²) in [5.41, 5.74) is 0.452. The molecule has 0 aliphatic rings. The van der Waals surface area contributed by atoms with Crippen molar-refractivity contribution in [3.05, 3.63) is 47.8 Å². The number of nitrogens with zero attached hydrogens (tertiary/aromatic N) is 2. The van der Waals surface area contributed by atoms with E-state index >= 15 is 0 Å². The molecule has 0 aromatic carbocycles. The molecule has 1 N–H and O–H groups in total. The Morgan fingerprint density at radius 3 is 2.81 bits per heavy atom. The molecule has 6 nitrogen and oxygen atoms in total. The highest BCUT2D eigenvalue weighted by atomic mass is 32.2. The van der Waals surface area contributed by atoms with Crippen LogP contribution in [0.25, 0.3) is 0 Å². The topological polar surface area (TPSA) is 89.4 Å². The molecule has 0 atom stereocenters. The largest absolute Gasteiger partial charge is 0.478 e. The van der Waals surface area contributed by atoms with Crippen LogP contribution in [0.2, 0.25) is 0 Å². The van der Waals surface area contributed by atoms with Crippen molar-refractivity contribution in [1.29, 1.82) is 0 Å². The van der Waals surface area contributed by atoms with E-state index in [2.05, 4.69) is 9.97 Å². The number of rotatable bonds is 5. The van der Waals surface area contributed by atoms with Crippen LogP contribution in [-0.4, -0.2) is 33.6 Å². The molecular formula is C14H12N2O4S. The third-order valence-electron chi connectivity index (χ3n) is 2.45. The lowest BCUT2D eigenvalue weighted by Gasteiger charge is -2.07. The lowest BCUT2D eigenvalue weighted by molar-refractivity contribution is 0.0520. The molecule has 0 saturated carbocycles. The van der Waals surface area contributed by atoms with Gasteiger partial charge in [0, 0.05) is 12.4 Å². The number of carboxylic acids is 1. The molecule has 2 rings (SSSR count). The van der Waals surface area contributed by atoms with Crippen molar-refractivity contribution in [2.24, 2.45) is 0 Å². The lowest BCUT2D eigenvalue weighted by Crippen LogP contribution is -2.07. The number of hydrogen-bond acceptors (Lipinski definition) is 6. The van der Waals surface area contributed by atoms with Crippen molar-refractivity contribution in [2.75, 3.05) is 6.61 Å². The van der Waals surface area contributed by atoms with Crippen LogP contribution in [0.1, 0.15) is 27.6 Å². The highest BCUT2D eigenvalue weighted by molar-refractivity contribution is 7.99. The fraction of sp³-hybridized carbons (Fsp3) is 0.143. The normalized spacial score (nSPS) is 10.1. The number of carbonyl (C=O) groups excluding carboxylic acids is 1. The molecule has 0 aliphatic heterocycles. The second-order valence-electron chi connectivity index (χ2n) is 3.87. The highest BCUT2D eigenvalue weighted by Crippen LogP contribution is 2.27. The van der Waals surface area contributed by atoms with Crippen molar-refractivity contribution in [3.63, 3.8) is 0 Å². The van der Waals surface area contributed by atoms with Gasteiger partial charge < -0.3 is 9.84 Å². The van der Waals surface area contributed by atoms with Gasteiger partial charge in [0.05, 0.1) is 17.7 Å². The fourth-order valence-corrected chi connectivity index (χ4v) is 2.41. The zero-order valence-electron chi connectivity index (χ0n) is 11.1. The summed E-state index contributed by atoms with van der Waals surface area (Å²) in [6, 6.07) is 6.07. The number of aromatic nitrogens is 2. The molecule has 0 bridgehead atoms. The summed E-state index contributed by atoms with van der Waals surface area (Å²) in [5, 5.41) is 9.83. The number of ether oxygens (including phenoxy) is 1. The van der Waals surface area contributed by atoms with Crippen LogP contribution in [0.3, 0.4) is 0 Å². The number of pyridine rings is 2. The van der Waals surface area contributed by atoms with Gasteiger partial charge in [-0.3, -0.25) is 0 Å². The summed E-state index contributed by atoms with van der Waals surface area (Å²) >= 11 is 1.11. The molecule has 0 aliphatic carbocycles. The van der Waals surface area contributed by atoms with E-state index in [1.807, 2.05) is 0 Å². The molecule has 7 heteroatoms. The highest BCUT2D eigenvalue weighted by Gasteiger charge is 2.15. The number of hydrogen-bond donors (Lipinski definition) is 1. The van der Waals surface area contributed by atoms with Crippen LogP contribution >= 0.6 is 11.8 Å². The van der Waals surface area contributed by atoms with Crippen molar-refractivity contribution >= 4 is 23.7 Å². The maximum absolute atomic E-state index is 11.8.